The Balaban J connectivity index is 1.39. The van der Waals surface area contributed by atoms with E-state index in [0.29, 0.717) is 36.6 Å². The molecule has 1 fully saturated rings. The molecule has 0 aliphatic heterocycles. The predicted octanol–water partition coefficient (Wildman–Crippen LogP) is 10.1. The molecule has 5 heteroatoms. The third kappa shape index (κ3) is 10.5. The Bertz CT molecular complexity index is 999. The van der Waals surface area contributed by atoms with Crippen molar-refractivity contribution in [3.05, 3.63) is 59.2 Å². The zero-order valence-corrected chi connectivity index (χ0v) is 25.0. The van der Waals surface area contributed by atoms with E-state index in [2.05, 4.69) is 36.6 Å². The second-order valence-corrected chi connectivity index (χ2v) is 11.8. The van der Waals surface area contributed by atoms with E-state index < -0.39 is 11.6 Å². The number of carbonyl (C=O) groups is 1. The molecular formula is C35H52F2N2O. The largest absolute Gasteiger partial charge is 0.338 e. The summed E-state index contributed by atoms with van der Waals surface area (Å²) < 4.78 is 29.9. The van der Waals surface area contributed by atoms with Crippen molar-refractivity contribution in [1.29, 1.82) is 0 Å². The summed E-state index contributed by atoms with van der Waals surface area (Å²) in [6.07, 6.45) is 17.9. The quantitative estimate of drug-likeness (QED) is 0.188. The Morgan fingerprint density at radius 1 is 0.725 bits per heavy atom. The second kappa shape index (κ2) is 18.1. The van der Waals surface area contributed by atoms with Crippen LogP contribution in [0.3, 0.4) is 0 Å². The molecule has 40 heavy (non-hydrogen) atoms. The van der Waals surface area contributed by atoms with Gasteiger partial charge in [-0.2, -0.15) is 0 Å². The van der Waals surface area contributed by atoms with Gasteiger partial charge < -0.3 is 10.6 Å². The van der Waals surface area contributed by atoms with E-state index in [1.54, 1.807) is 12.1 Å². The van der Waals surface area contributed by atoms with Crippen molar-refractivity contribution < 1.29 is 13.6 Å². The fourth-order valence-corrected chi connectivity index (χ4v) is 6.04. The predicted molar refractivity (Wildman–Crippen MR) is 164 cm³/mol. The number of unbranched alkanes of at least 4 members (excludes halogenated alkanes) is 7. The van der Waals surface area contributed by atoms with E-state index in [9.17, 15) is 9.18 Å². The Hall–Kier alpha value is -2.43. The third-order valence-electron chi connectivity index (χ3n) is 8.64. The van der Waals surface area contributed by atoms with E-state index in [0.717, 1.165) is 43.6 Å². The summed E-state index contributed by atoms with van der Waals surface area (Å²) in [6.45, 7) is 5.72. The van der Waals surface area contributed by atoms with Crippen LogP contribution in [0.4, 0.5) is 13.6 Å². The van der Waals surface area contributed by atoms with Crippen LogP contribution in [0.15, 0.2) is 36.4 Å². The van der Waals surface area contributed by atoms with Crippen LogP contribution >= 0.6 is 0 Å². The van der Waals surface area contributed by atoms with E-state index in [4.69, 9.17) is 0 Å². The van der Waals surface area contributed by atoms with Crippen molar-refractivity contribution in [2.75, 3.05) is 13.1 Å². The number of aryl methyl sites for hydroxylation is 1. The van der Waals surface area contributed by atoms with Gasteiger partial charge in [-0.25, -0.2) is 13.6 Å². The summed E-state index contributed by atoms with van der Waals surface area (Å²) in [5.41, 5.74) is 2.81. The normalized spacial score (nSPS) is 17.1. The molecule has 3 nitrogen and oxygen atoms in total. The van der Waals surface area contributed by atoms with Gasteiger partial charge >= 0.3 is 6.03 Å². The van der Waals surface area contributed by atoms with Gasteiger partial charge in [0.25, 0.3) is 0 Å². The minimum absolute atomic E-state index is 0.126. The van der Waals surface area contributed by atoms with Crippen LogP contribution in [0, 0.1) is 17.6 Å². The number of benzene rings is 2. The molecular weight excluding hydrogens is 502 g/mol. The van der Waals surface area contributed by atoms with E-state index in [-0.39, 0.29) is 6.03 Å². The molecule has 0 heterocycles. The number of halogens is 2. The first-order chi connectivity index (χ1) is 19.5. The lowest BCUT2D eigenvalue weighted by Crippen LogP contribution is -2.36. The Morgan fingerprint density at radius 2 is 1.35 bits per heavy atom. The standard InChI is InChI=1S/C35H52F2N2O/c1-3-5-7-11-25-38-35(40)39-26-12-8-10-14-31-23-24-32(34(37)33(31)36)30-21-19-29(20-22-30)28-17-15-27(16-18-28)13-9-6-4-2/h19-24,27-28H,3-18,25-26H2,1-2H3,(H2,38,39,40). The number of urea groups is 1. The molecule has 1 aliphatic carbocycles. The summed E-state index contributed by atoms with van der Waals surface area (Å²) in [5.74, 6) is -0.0232. The van der Waals surface area contributed by atoms with Crippen LogP contribution in [0.5, 0.6) is 0 Å². The third-order valence-corrected chi connectivity index (χ3v) is 8.64. The van der Waals surface area contributed by atoms with Crippen molar-refractivity contribution in [2.24, 2.45) is 5.92 Å². The van der Waals surface area contributed by atoms with Crippen molar-refractivity contribution in [2.45, 2.75) is 122 Å². The van der Waals surface area contributed by atoms with Gasteiger partial charge in [-0.3, -0.25) is 0 Å². The van der Waals surface area contributed by atoms with Crippen LogP contribution in [0.2, 0.25) is 0 Å². The van der Waals surface area contributed by atoms with Crippen LogP contribution in [0.25, 0.3) is 11.1 Å². The maximum Gasteiger partial charge on any atom is 0.314 e. The average molecular weight is 555 g/mol. The molecule has 0 saturated heterocycles. The number of hydrogen-bond acceptors (Lipinski definition) is 1. The number of rotatable bonds is 17. The monoisotopic (exact) mass is 554 g/mol. The minimum atomic E-state index is -0.755. The summed E-state index contributed by atoms with van der Waals surface area (Å²) in [4.78, 5) is 11.8. The fourth-order valence-electron chi connectivity index (χ4n) is 6.04. The Labute approximate surface area is 241 Å². The van der Waals surface area contributed by atoms with Crippen LogP contribution < -0.4 is 10.6 Å². The lowest BCUT2D eigenvalue weighted by molar-refractivity contribution is 0.240. The summed E-state index contributed by atoms with van der Waals surface area (Å²) in [7, 11) is 0. The van der Waals surface area contributed by atoms with Gasteiger partial charge in [0.2, 0.25) is 0 Å². The molecule has 0 radical (unpaired) electrons. The molecule has 2 amide bonds. The van der Waals surface area contributed by atoms with Crippen LogP contribution in [-0.4, -0.2) is 19.1 Å². The molecule has 3 rings (SSSR count). The van der Waals surface area contributed by atoms with Crippen molar-refractivity contribution in [3.8, 4) is 11.1 Å². The molecule has 1 aliphatic rings. The lowest BCUT2D eigenvalue weighted by atomic mass is 9.77. The first kappa shape index (κ1) is 32.1. The fraction of sp³-hybridized carbons (Fsp3) is 0.629. The highest BCUT2D eigenvalue weighted by Crippen LogP contribution is 2.38. The molecule has 0 spiro atoms. The van der Waals surface area contributed by atoms with Crippen molar-refractivity contribution >= 4 is 6.03 Å². The Kier molecular flexibility index (Phi) is 14.5. The summed E-state index contributed by atoms with van der Waals surface area (Å²) in [6, 6.07) is 11.5. The van der Waals surface area contributed by atoms with Crippen LogP contribution in [-0.2, 0) is 6.42 Å². The number of amides is 2. The Morgan fingerprint density at radius 3 is 2.00 bits per heavy atom. The molecule has 222 valence electrons. The van der Waals surface area contributed by atoms with Gasteiger partial charge in [-0.15, -0.1) is 0 Å². The molecule has 0 aromatic heterocycles. The maximum atomic E-state index is 15.0. The number of nitrogens with one attached hydrogen (secondary N) is 2. The maximum absolute atomic E-state index is 15.0. The van der Waals surface area contributed by atoms with E-state index in [1.165, 1.54) is 69.8 Å². The van der Waals surface area contributed by atoms with E-state index >= 15 is 4.39 Å². The van der Waals surface area contributed by atoms with Crippen molar-refractivity contribution in [3.63, 3.8) is 0 Å². The highest BCUT2D eigenvalue weighted by molar-refractivity contribution is 5.73. The van der Waals surface area contributed by atoms with Gasteiger partial charge in [0.15, 0.2) is 11.6 Å². The second-order valence-electron chi connectivity index (χ2n) is 11.8. The topological polar surface area (TPSA) is 41.1 Å². The van der Waals surface area contributed by atoms with Gasteiger partial charge in [0.1, 0.15) is 0 Å². The molecule has 0 unspecified atom stereocenters. The molecule has 0 atom stereocenters. The SMILES string of the molecule is CCCCCCNC(=O)NCCCCCc1ccc(-c2ccc(C3CCC(CCCCC)CC3)cc2)c(F)c1F. The average Bonchev–Trinajstić information content (AvgIpc) is 2.97. The van der Waals surface area contributed by atoms with E-state index in [1.807, 2.05) is 12.1 Å². The molecule has 0 bridgehead atoms. The van der Waals surface area contributed by atoms with Gasteiger partial charge in [0.05, 0.1) is 0 Å². The smallest absolute Gasteiger partial charge is 0.314 e. The van der Waals surface area contributed by atoms with Crippen LogP contribution in [0.1, 0.15) is 127 Å². The lowest BCUT2D eigenvalue weighted by Gasteiger charge is -2.29. The number of carbonyl (C=O) groups excluding carboxylic acids is 1. The highest BCUT2D eigenvalue weighted by atomic mass is 19.2. The molecule has 2 aromatic carbocycles. The minimum Gasteiger partial charge on any atom is -0.338 e. The highest BCUT2D eigenvalue weighted by Gasteiger charge is 2.22. The zero-order valence-electron chi connectivity index (χ0n) is 25.0. The summed E-state index contributed by atoms with van der Waals surface area (Å²) >= 11 is 0. The first-order valence-electron chi connectivity index (χ1n) is 16.1. The zero-order chi connectivity index (χ0) is 28.6. The molecule has 2 aromatic rings. The number of hydrogen-bond donors (Lipinski definition) is 2. The van der Waals surface area contributed by atoms with Crippen molar-refractivity contribution in [1.82, 2.24) is 10.6 Å². The van der Waals surface area contributed by atoms with Gasteiger partial charge in [0, 0.05) is 18.7 Å². The summed E-state index contributed by atoms with van der Waals surface area (Å²) in [5, 5.41) is 5.75. The van der Waals surface area contributed by atoms with Gasteiger partial charge in [-0.1, -0.05) is 102 Å². The molecule has 1 saturated carbocycles. The molecule has 2 N–H and O–H groups in total. The van der Waals surface area contributed by atoms with Gasteiger partial charge in [-0.05, 0) is 79.9 Å². The first-order valence-corrected chi connectivity index (χ1v) is 16.1.